The molecule has 6 heteroatoms. The van der Waals surface area contributed by atoms with Gasteiger partial charge in [0.1, 0.15) is 6.10 Å². The lowest BCUT2D eigenvalue weighted by atomic mass is 9.98. The number of thioether (sulfide) groups is 1. The van der Waals surface area contributed by atoms with E-state index in [1.807, 2.05) is 60.7 Å². The van der Waals surface area contributed by atoms with Crippen LogP contribution in [-0.4, -0.2) is 33.5 Å². The van der Waals surface area contributed by atoms with E-state index in [0.29, 0.717) is 10.3 Å². The number of benzene rings is 2. The molecule has 0 amide bonds. The van der Waals surface area contributed by atoms with Crippen molar-refractivity contribution >= 4 is 29.1 Å². The summed E-state index contributed by atoms with van der Waals surface area (Å²) in [5, 5.41) is 22.7. The van der Waals surface area contributed by atoms with Crippen LogP contribution in [0, 0.1) is 0 Å². The zero-order chi connectivity index (χ0) is 20.2. The van der Waals surface area contributed by atoms with Crippen molar-refractivity contribution in [3.05, 3.63) is 88.6 Å². The van der Waals surface area contributed by atoms with Crippen molar-refractivity contribution < 1.29 is 10.2 Å². The summed E-state index contributed by atoms with van der Waals surface area (Å²) in [5.41, 5.74) is 3.51. The number of hydrogen-bond donors (Lipinski definition) is 2. The predicted molar refractivity (Wildman–Crippen MR) is 119 cm³/mol. The maximum absolute atomic E-state index is 10.7. The predicted octanol–water partition coefficient (Wildman–Crippen LogP) is 4.68. The van der Waals surface area contributed by atoms with Gasteiger partial charge in [-0.25, -0.2) is 4.98 Å². The molecule has 1 saturated heterocycles. The van der Waals surface area contributed by atoms with Crippen molar-refractivity contribution in [2.75, 3.05) is 18.0 Å². The van der Waals surface area contributed by atoms with Crippen molar-refractivity contribution in [1.82, 2.24) is 4.98 Å². The fraction of sp³-hybridized carbons (Fsp3) is 0.261. The van der Waals surface area contributed by atoms with Crippen LogP contribution in [0.15, 0.2) is 71.9 Å². The summed E-state index contributed by atoms with van der Waals surface area (Å²) >= 11 is 7.68. The molecule has 1 aliphatic heterocycles. The molecule has 2 aromatic carbocycles. The van der Waals surface area contributed by atoms with E-state index in [4.69, 9.17) is 11.6 Å². The minimum absolute atomic E-state index is 0.0578. The van der Waals surface area contributed by atoms with Gasteiger partial charge in [-0.15, -0.1) is 11.8 Å². The van der Waals surface area contributed by atoms with Crippen LogP contribution in [0.25, 0.3) is 0 Å². The Morgan fingerprint density at radius 1 is 1.10 bits per heavy atom. The van der Waals surface area contributed by atoms with Crippen molar-refractivity contribution in [3.63, 3.8) is 0 Å². The van der Waals surface area contributed by atoms with E-state index in [9.17, 15) is 10.2 Å². The Morgan fingerprint density at radius 2 is 1.93 bits per heavy atom. The number of halogens is 1. The molecule has 2 heterocycles. The second-order valence-electron chi connectivity index (χ2n) is 7.15. The summed E-state index contributed by atoms with van der Waals surface area (Å²) in [6.45, 7) is 1.76. The molecular formula is C23H23ClN2O2S. The molecule has 2 atom stereocenters. The monoisotopic (exact) mass is 426 g/mol. The summed E-state index contributed by atoms with van der Waals surface area (Å²) in [6.07, 6.45) is 2.03. The van der Waals surface area contributed by atoms with E-state index >= 15 is 0 Å². The topological polar surface area (TPSA) is 56.6 Å². The largest absolute Gasteiger partial charge is 0.392 e. The zero-order valence-electron chi connectivity index (χ0n) is 15.9. The molecule has 0 spiro atoms. The molecule has 3 aromatic rings. The summed E-state index contributed by atoms with van der Waals surface area (Å²) in [7, 11) is 0. The Kier molecular flexibility index (Phi) is 6.40. The maximum Gasteiger partial charge on any atom is 0.104 e. The molecule has 0 saturated carbocycles. The SMILES string of the molecule is OCc1cc(C(O)c2ccccc2)ccc1N1CC[C@H](Sc2ccc(Cl)cn2)C1. The lowest BCUT2D eigenvalue weighted by Crippen LogP contribution is -2.22. The molecule has 0 radical (unpaired) electrons. The lowest BCUT2D eigenvalue weighted by Gasteiger charge is -2.23. The molecule has 150 valence electrons. The fourth-order valence-corrected chi connectivity index (χ4v) is 4.88. The molecule has 29 heavy (non-hydrogen) atoms. The number of aliphatic hydroxyl groups is 2. The van der Waals surface area contributed by atoms with Crippen LogP contribution in [0.1, 0.15) is 29.2 Å². The minimum Gasteiger partial charge on any atom is -0.392 e. The molecule has 1 fully saturated rings. The number of hydrogen-bond acceptors (Lipinski definition) is 5. The average molecular weight is 427 g/mol. The van der Waals surface area contributed by atoms with Crippen LogP contribution in [0.5, 0.6) is 0 Å². The summed E-state index contributed by atoms with van der Waals surface area (Å²) in [4.78, 5) is 6.68. The van der Waals surface area contributed by atoms with Crippen LogP contribution in [0.3, 0.4) is 0 Å². The van der Waals surface area contributed by atoms with Gasteiger partial charge in [0.15, 0.2) is 0 Å². The Bertz CT molecular complexity index is 953. The van der Waals surface area contributed by atoms with Gasteiger partial charge < -0.3 is 15.1 Å². The van der Waals surface area contributed by atoms with Crippen LogP contribution in [0.4, 0.5) is 5.69 Å². The number of aromatic nitrogens is 1. The highest BCUT2D eigenvalue weighted by molar-refractivity contribution is 7.99. The van der Waals surface area contributed by atoms with Gasteiger partial charge in [-0.05, 0) is 41.8 Å². The summed E-state index contributed by atoms with van der Waals surface area (Å²) in [6, 6.07) is 19.3. The first-order chi connectivity index (χ1) is 14.1. The Morgan fingerprint density at radius 3 is 2.66 bits per heavy atom. The van der Waals surface area contributed by atoms with Gasteiger partial charge in [-0.1, -0.05) is 48.0 Å². The molecule has 0 aliphatic carbocycles. The highest BCUT2D eigenvalue weighted by atomic mass is 35.5. The van der Waals surface area contributed by atoms with Crippen molar-refractivity contribution in [1.29, 1.82) is 0 Å². The zero-order valence-corrected chi connectivity index (χ0v) is 17.5. The molecule has 1 aliphatic rings. The van der Waals surface area contributed by atoms with Gasteiger partial charge in [-0.3, -0.25) is 0 Å². The van der Waals surface area contributed by atoms with E-state index in [2.05, 4.69) is 9.88 Å². The third kappa shape index (κ3) is 4.75. The van der Waals surface area contributed by atoms with E-state index in [1.54, 1.807) is 18.0 Å². The fourth-order valence-electron chi connectivity index (χ4n) is 3.68. The van der Waals surface area contributed by atoms with E-state index in [-0.39, 0.29) is 6.61 Å². The van der Waals surface area contributed by atoms with Gasteiger partial charge in [0.2, 0.25) is 0 Å². The van der Waals surface area contributed by atoms with Crippen LogP contribution < -0.4 is 4.90 Å². The second-order valence-corrected chi connectivity index (χ2v) is 8.91. The highest BCUT2D eigenvalue weighted by Crippen LogP contribution is 2.34. The van der Waals surface area contributed by atoms with E-state index in [1.165, 1.54) is 0 Å². The minimum atomic E-state index is -0.701. The normalized spacial score (nSPS) is 17.5. The van der Waals surface area contributed by atoms with Gasteiger partial charge in [0, 0.05) is 35.8 Å². The second kappa shape index (κ2) is 9.18. The van der Waals surface area contributed by atoms with E-state index < -0.39 is 6.10 Å². The standard InChI is InChI=1S/C23H23ClN2O2S/c24-19-7-9-22(25-13-19)29-20-10-11-26(14-20)21-8-6-17(12-18(21)15-27)23(28)16-4-2-1-3-5-16/h1-9,12-13,20,23,27-28H,10-11,14-15H2/t20-,23?/m0/s1. The van der Waals surface area contributed by atoms with Gasteiger partial charge >= 0.3 is 0 Å². The van der Waals surface area contributed by atoms with Crippen LogP contribution >= 0.6 is 23.4 Å². The first kappa shape index (κ1) is 20.2. The van der Waals surface area contributed by atoms with Crippen molar-refractivity contribution in [3.8, 4) is 0 Å². The average Bonchev–Trinajstić information content (AvgIpc) is 3.23. The van der Waals surface area contributed by atoms with E-state index in [0.717, 1.165) is 46.9 Å². The number of rotatable bonds is 6. The Hall–Kier alpha value is -2.05. The molecular weight excluding hydrogens is 404 g/mol. The molecule has 4 rings (SSSR count). The molecule has 1 aromatic heterocycles. The molecule has 1 unspecified atom stereocenters. The van der Waals surface area contributed by atoms with Gasteiger partial charge in [0.05, 0.1) is 16.7 Å². The third-order valence-electron chi connectivity index (χ3n) is 5.18. The summed E-state index contributed by atoms with van der Waals surface area (Å²) < 4.78 is 0. The summed E-state index contributed by atoms with van der Waals surface area (Å²) in [5.74, 6) is 0. The highest BCUT2D eigenvalue weighted by Gasteiger charge is 2.26. The van der Waals surface area contributed by atoms with Gasteiger partial charge in [0.25, 0.3) is 0 Å². The quantitative estimate of drug-likeness (QED) is 0.599. The Labute approximate surface area is 180 Å². The smallest absolute Gasteiger partial charge is 0.104 e. The van der Waals surface area contributed by atoms with Crippen LogP contribution in [0.2, 0.25) is 5.02 Å². The van der Waals surface area contributed by atoms with Gasteiger partial charge in [-0.2, -0.15) is 0 Å². The number of anilines is 1. The first-order valence-electron chi connectivity index (χ1n) is 9.64. The number of nitrogens with zero attached hydrogens (tertiary/aromatic N) is 2. The third-order valence-corrected chi connectivity index (χ3v) is 6.60. The molecule has 2 N–H and O–H groups in total. The maximum atomic E-state index is 10.7. The number of aliphatic hydroxyl groups excluding tert-OH is 2. The van der Waals surface area contributed by atoms with Crippen LogP contribution in [-0.2, 0) is 6.61 Å². The van der Waals surface area contributed by atoms with Crippen molar-refractivity contribution in [2.24, 2.45) is 0 Å². The Balaban J connectivity index is 1.48. The molecule has 4 nitrogen and oxygen atoms in total. The lowest BCUT2D eigenvalue weighted by molar-refractivity contribution is 0.219. The van der Waals surface area contributed by atoms with Crippen molar-refractivity contribution in [2.45, 2.75) is 29.4 Å². The number of pyridine rings is 1. The molecule has 0 bridgehead atoms. The first-order valence-corrected chi connectivity index (χ1v) is 10.9.